The predicted molar refractivity (Wildman–Crippen MR) is 114 cm³/mol. The van der Waals surface area contributed by atoms with Crippen LogP contribution in [0.5, 0.6) is 0 Å². The number of halogens is 1. The minimum Gasteiger partial charge on any atom is -0.316 e. The normalized spacial score (nSPS) is 13.4. The quantitative estimate of drug-likeness (QED) is 0.497. The SMILES string of the molecule is Cc1ccc(-c2n[nH]c3cc4c(cc23)CN(Cc2cccc(Cl)c2)C(=O)N4)cn1. The summed E-state index contributed by atoms with van der Waals surface area (Å²) in [7, 11) is 0. The summed E-state index contributed by atoms with van der Waals surface area (Å²) in [6.07, 6.45) is 1.83. The number of aromatic nitrogens is 3. The highest BCUT2D eigenvalue weighted by molar-refractivity contribution is 6.30. The number of rotatable bonds is 3. The molecule has 0 aliphatic carbocycles. The van der Waals surface area contributed by atoms with E-state index in [9.17, 15) is 4.79 Å². The molecule has 29 heavy (non-hydrogen) atoms. The second kappa shape index (κ2) is 6.90. The van der Waals surface area contributed by atoms with Gasteiger partial charge in [-0.1, -0.05) is 23.7 Å². The van der Waals surface area contributed by atoms with Gasteiger partial charge in [-0.25, -0.2) is 4.79 Å². The number of aryl methyl sites for hydroxylation is 1. The van der Waals surface area contributed by atoms with E-state index in [0.29, 0.717) is 18.1 Å². The van der Waals surface area contributed by atoms with Gasteiger partial charge in [-0.2, -0.15) is 5.10 Å². The maximum Gasteiger partial charge on any atom is 0.322 e. The molecule has 0 unspecified atom stereocenters. The molecule has 0 saturated carbocycles. The van der Waals surface area contributed by atoms with Gasteiger partial charge < -0.3 is 10.2 Å². The van der Waals surface area contributed by atoms with Crippen molar-refractivity contribution in [1.29, 1.82) is 0 Å². The zero-order valence-electron chi connectivity index (χ0n) is 15.7. The molecule has 6 nitrogen and oxygen atoms in total. The van der Waals surface area contributed by atoms with E-state index in [1.807, 2.05) is 55.6 Å². The average molecular weight is 404 g/mol. The first-order chi connectivity index (χ1) is 14.1. The van der Waals surface area contributed by atoms with E-state index in [0.717, 1.165) is 44.7 Å². The summed E-state index contributed by atoms with van der Waals surface area (Å²) < 4.78 is 0. The van der Waals surface area contributed by atoms with Crippen LogP contribution < -0.4 is 5.32 Å². The van der Waals surface area contributed by atoms with Crippen LogP contribution >= 0.6 is 11.6 Å². The molecule has 0 radical (unpaired) electrons. The number of fused-ring (bicyclic) bond motifs is 2. The summed E-state index contributed by atoms with van der Waals surface area (Å²) in [6.45, 7) is 2.96. The van der Waals surface area contributed by atoms with Gasteiger partial charge in [0.15, 0.2) is 0 Å². The van der Waals surface area contributed by atoms with Crippen LogP contribution in [0.2, 0.25) is 5.02 Å². The number of hydrogen-bond donors (Lipinski definition) is 2. The predicted octanol–water partition coefficient (Wildman–Crippen LogP) is 5.13. The third-order valence-corrected chi connectivity index (χ3v) is 5.36. The Hall–Kier alpha value is -3.38. The third kappa shape index (κ3) is 3.32. The molecule has 4 aromatic rings. The van der Waals surface area contributed by atoms with Gasteiger partial charge in [0.2, 0.25) is 0 Å². The molecule has 2 N–H and O–H groups in total. The number of nitrogens with one attached hydrogen (secondary N) is 2. The Morgan fingerprint density at radius 2 is 2.07 bits per heavy atom. The van der Waals surface area contributed by atoms with Gasteiger partial charge in [0.05, 0.1) is 5.52 Å². The highest BCUT2D eigenvalue weighted by atomic mass is 35.5. The maximum atomic E-state index is 12.6. The van der Waals surface area contributed by atoms with Crippen molar-refractivity contribution < 1.29 is 4.79 Å². The fourth-order valence-electron chi connectivity index (χ4n) is 3.64. The lowest BCUT2D eigenvalue weighted by molar-refractivity contribution is 0.204. The maximum absolute atomic E-state index is 12.6. The molecule has 2 amide bonds. The largest absolute Gasteiger partial charge is 0.322 e. The molecule has 1 aliphatic heterocycles. The van der Waals surface area contributed by atoms with Crippen LogP contribution in [-0.4, -0.2) is 26.1 Å². The molecule has 1 aliphatic rings. The lowest BCUT2D eigenvalue weighted by atomic mass is 10.0. The molecule has 2 aromatic heterocycles. The number of H-pyrrole nitrogens is 1. The highest BCUT2D eigenvalue weighted by Crippen LogP contribution is 2.33. The van der Waals surface area contributed by atoms with Gasteiger partial charge in [0, 0.05) is 46.6 Å². The van der Waals surface area contributed by atoms with Crippen molar-refractivity contribution in [2.75, 3.05) is 5.32 Å². The molecule has 0 atom stereocenters. The topological polar surface area (TPSA) is 73.9 Å². The first-order valence-electron chi connectivity index (χ1n) is 9.31. The van der Waals surface area contributed by atoms with Crippen molar-refractivity contribution in [2.24, 2.45) is 0 Å². The number of nitrogens with zero attached hydrogens (tertiary/aromatic N) is 3. The number of hydrogen-bond acceptors (Lipinski definition) is 3. The van der Waals surface area contributed by atoms with Crippen molar-refractivity contribution in [3.05, 3.63) is 76.6 Å². The van der Waals surface area contributed by atoms with E-state index in [1.165, 1.54) is 0 Å². The summed E-state index contributed by atoms with van der Waals surface area (Å²) in [6, 6.07) is 15.5. The van der Waals surface area contributed by atoms with E-state index >= 15 is 0 Å². The van der Waals surface area contributed by atoms with E-state index < -0.39 is 0 Å². The van der Waals surface area contributed by atoms with Crippen LogP contribution in [0.3, 0.4) is 0 Å². The molecule has 5 rings (SSSR count). The smallest absolute Gasteiger partial charge is 0.316 e. The van der Waals surface area contributed by atoms with Crippen LogP contribution in [-0.2, 0) is 13.1 Å². The van der Waals surface area contributed by atoms with Crippen molar-refractivity contribution in [1.82, 2.24) is 20.1 Å². The molecule has 144 valence electrons. The summed E-state index contributed by atoms with van der Waals surface area (Å²) in [5.74, 6) is 0. The number of aromatic amines is 1. The summed E-state index contributed by atoms with van der Waals surface area (Å²) in [5, 5.41) is 12.2. The van der Waals surface area contributed by atoms with Crippen molar-refractivity contribution in [3.63, 3.8) is 0 Å². The monoisotopic (exact) mass is 403 g/mol. The van der Waals surface area contributed by atoms with Crippen molar-refractivity contribution >= 4 is 34.2 Å². The Morgan fingerprint density at radius 1 is 1.17 bits per heavy atom. The van der Waals surface area contributed by atoms with Crippen LogP contribution in [0.4, 0.5) is 10.5 Å². The van der Waals surface area contributed by atoms with Crippen LogP contribution in [0.15, 0.2) is 54.7 Å². The minimum atomic E-state index is -0.126. The molecular formula is C22H18ClN5O. The van der Waals surface area contributed by atoms with Crippen LogP contribution in [0.25, 0.3) is 22.2 Å². The average Bonchev–Trinajstić information content (AvgIpc) is 3.10. The Bertz CT molecular complexity index is 1230. The van der Waals surface area contributed by atoms with Crippen molar-refractivity contribution in [3.8, 4) is 11.3 Å². The first kappa shape index (κ1) is 17.7. The van der Waals surface area contributed by atoms with Gasteiger partial charge >= 0.3 is 6.03 Å². The fraction of sp³-hybridized carbons (Fsp3) is 0.136. The Kier molecular flexibility index (Phi) is 4.21. The van der Waals surface area contributed by atoms with E-state index in [1.54, 1.807) is 4.90 Å². The zero-order chi connectivity index (χ0) is 20.0. The summed E-state index contributed by atoms with van der Waals surface area (Å²) in [4.78, 5) is 18.7. The number of benzene rings is 2. The van der Waals surface area contributed by atoms with E-state index in [2.05, 4.69) is 26.6 Å². The van der Waals surface area contributed by atoms with Gasteiger partial charge in [-0.3, -0.25) is 10.1 Å². The van der Waals surface area contributed by atoms with E-state index in [-0.39, 0.29) is 6.03 Å². The highest BCUT2D eigenvalue weighted by Gasteiger charge is 2.24. The standard InChI is InChI=1S/C22H18ClN5O/c1-13-5-6-15(10-24-13)21-18-8-16-12-28(11-14-3-2-4-17(23)7-14)22(29)25-19(16)9-20(18)26-27-21/h2-10H,11-12H2,1H3,(H,25,29)(H,26,27). The molecule has 0 bridgehead atoms. The number of amides is 2. The third-order valence-electron chi connectivity index (χ3n) is 5.12. The number of urea groups is 1. The number of pyridine rings is 1. The number of carbonyl (C=O) groups is 1. The lowest BCUT2D eigenvalue weighted by Crippen LogP contribution is -2.38. The molecule has 0 fully saturated rings. The summed E-state index contributed by atoms with van der Waals surface area (Å²) >= 11 is 6.08. The second-order valence-electron chi connectivity index (χ2n) is 7.23. The molecule has 3 heterocycles. The Morgan fingerprint density at radius 3 is 2.86 bits per heavy atom. The zero-order valence-corrected chi connectivity index (χ0v) is 16.5. The Balaban J connectivity index is 1.50. The first-order valence-corrected chi connectivity index (χ1v) is 9.69. The summed E-state index contributed by atoms with van der Waals surface area (Å²) in [5.41, 5.74) is 6.50. The van der Waals surface area contributed by atoms with Gasteiger partial charge in [-0.05, 0) is 54.4 Å². The molecular weight excluding hydrogens is 386 g/mol. The second-order valence-corrected chi connectivity index (χ2v) is 7.67. The van der Waals surface area contributed by atoms with Gasteiger partial charge in [0.25, 0.3) is 0 Å². The van der Waals surface area contributed by atoms with E-state index in [4.69, 9.17) is 11.6 Å². The molecule has 2 aromatic carbocycles. The number of carbonyl (C=O) groups excluding carboxylic acids is 1. The van der Waals surface area contributed by atoms with Crippen molar-refractivity contribution in [2.45, 2.75) is 20.0 Å². The Labute approximate surface area is 172 Å². The fourth-order valence-corrected chi connectivity index (χ4v) is 3.85. The molecule has 0 spiro atoms. The molecule has 0 saturated heterocycles. The van der Waals surface area contributed by atoms with Crippen LogP contribution in [0.1, 0.15) is 16.8 Å². The minimum absolute atomic E-state index is 0.126. The lowest BCUT2D eigenvalue weighted by Gasteiger charge is -2.29. The van der Waals surface area contributed by atoms with Crippen LogP contribution in [0, 0.1) is 6.92 Å². The van der Waals surface area contributed by atoms with Gasteiger partial charge in [-0.15, -0.1) is 0 Å². The molecule has 7 heteroatoms. The van der Waals surface area contributed by atoms with Gasteiger partial charge in [0.1, 0.15) is 5.69 Å². The number of anilines is 1.